The highest BCUT2D eigenvalue weighted by Gasteiger charge is 2.36. The predicted molar refractivity (Wildman–Crippen MR) is 106 cm³/mol. The van der Waals surface area contributed by atoms with Crippen LogP contribution in [0.4, 0.5) is 11.4 Å². The number of hydrogen-bond acceptors (Lipinski definition) is 5. The van der Waals surface area contributed by atoms with Crippen LogP contribution in [0, 0.1) is 5.92 Å². The molecule has 1 aliphatic rings. The van der Waals surface area contributed by atoms with E-state index in [1.165, 1.54) is 12.1 Å². The van der Waals surface area contributed by atoms with Crippen molar-refractivity contribution in [1.29, 1.82) is 0 Å². The monoisotopic (exact) mass is 402 g/mol. The van der Waals surface area contributed by atoms with Gasteiger partial charge in [0.05, 0.1) is 23.1 Å². The van der Waals surface area contributed by atoms with Crippen molar-refractivity contribution in [3.63, 3.8) is 0 Å². The Hall–Kier alpha value is -2.87. The normalized spacial score (nSPS) is 16.9. The summed E-state index contributed by atoms with van der Waals surface area (Å²) in [6, 6.07) is 13.3. The summed E-state index contributed by atoms with van der Waals surface area (Å²) in [7, 11) is -3.37. The molecule has 7 nitrogen and oxygen atoms in total. The molecule has 1 N–H and O–H groups in total. The fraction of sp³-hybridized carbons (Fsp3) is 0.300. The molecule has 148 valence electrons. The second-order valence-electron chi connectivity index (χ2n) is 6.60. The molecule has 0 spiro atoms. The van der Waals surface area contributed by atoms with Gasteiger partial charge < -0.3 is 15.0 Å². The Bertz CT molecular complexity index is 1000. The lowest BCUT2D eigenvalue weighted by atomic mass is 10.1. The molecule has 2 aromatic rings. The average molecular weight is 402 g/mol. The van der Waals surface area contributed by atoms with E-state index in [0.717, 1.165) is 6.26 Å². The summed E-state index contributed by atoms with van der Waals surface area (Å²) in [6.07, 6.45) is 1.19. The van der Waals surface area contributed by atoms with E-state index in [2.05, 4.69) is 5.32 Å². The Morgan fingerprint density at radius 2 is 1.96 bits per heavy atom. The van der Waals surface area contributed by atoms with Crippen LogP contribution in [0.15, 0.2) is 53.4 Å². The van der Waals surface area contributed by atoms with Gasteiger partial charge in [0.25, 0.3) is 0 Å². The number of benzene rings is 2. The van der Waals surface area contributed by atoms with E-state index in [1.807, 2.05) is 19.1 Å². The number of hydrogen-bond donors (Lipinski definition) is 1. The number of ether oxygens (including phenoxy) is 1. The van der Waals surface area contributed by atoms with Gasteiger partial charge in [0.1, 0.15) is 5.75 Å². The molecule has 0 saturated carbocycles. The van der Waals surface area contributed by atoms with E-state index in [1.54, 1.807) is 29.2 Å². The van der Waals surface area contributed by atoms with Gasteiger partial charge in [-0.2, -0.15) is 0 Å². The molecular formula is C20H22N2O5S. The smallest absolute Gasteiger partial charge is 0.229 e. The van der Waals surface area contributed by atoms with Crippen LogP contribution in [0.25, 0.3) is 0 Å². The maximum absolute atomic E-state index is 12.6. The quantitative estimate of drug-likeness (QED) is 0.801. The third kappa shape index (κ3) is 4.33. The van der Waals surface area contributed by atoms with Crippen LogP contribution in [-0.4, -0.2) is 39.6 Å². The largest absolute Gasteiger partial charge is 0.492 e. The minimum atomic E-state index is -3.37. The second-order valence-corrected chi connectivity index (χ2v) is 8.61. The summed E-state index contributed by atoms with van der Waals surface area (Å²) in [5.74, 6) is -0.420. The molecule has 28 heavy (non-hydrogen) atoms. The SMILES string of the molecule is CCOc1ccccc1N1C[C@H](C(=O)Nc2cccc(S(C)(=O)=O)c2)CC1=O. The summed E-state index contributed by atoms with van der Waals surface area (Å²) in [5, 5.41) is 2.72. The Labute approximate surface area is 164 Å². The molecule has 8 heteroatoms. The Balaban J connectivity index is 1.74. The number of rotatable bonds is 6. The van der Waals surface area contributed by atoms with Crippen molar-refractivity contribution in [2.45, 2.75) is 18.2 Å². The first-order valence-corrected chi connectivity index (χ1v) is 10.8. The topological polar surface area (TPSA) is 92.8 Å². The number of sulfone groups is 1. The molecule has 0 radical (unpaired) electrons. The molecule has 1 atom stereocenters. The van der Waals surface area contributed by atoms with E-state index in [4.69, 9.17) is 4.74 Å². The maximum atomic E-state index is 12.6. The van der Waals surface area contributed by atoms with Gasteiger partial charge in [0, 0.05) is 24.9 Å². The number of anilines is 2. The summed E-state index contributed by atoms with van der Waals surface area (Å²) >= 11 is 0. The van der Waals surface area contributed by atoms with Crippen LogP contribution in [0.1, 0.15) is 13.3 Å². The lowest BCUT2D eigenvalue weighted by Gasteiger charge is -2.20. The van der Waals surface area contributed by atoms with Crippen LogP contribution < -0.4 is 15.0 Å². The zero-order valence-corrected chi connectivity index (χ0v) is 16.5. The molecule has 2 amide bonds. The number of amides is 2. The van der Waals surface area contributed by atoms with Crippen molar-refractivity contribution in [2.24, 2.45) is 5.92 Å². The number of carbonyl (C=O) groups excluding carboxylic acids is 2. The van der Waals surface area contributed by atoms with Crippen LogP contribution in [0.2, 0.25) is 0 Å². The fourth-order valence-corrected chi connectivity index (χ4v) is 3.79. The molecular weight excluding hydrogens is 380 g/mol. The van der Waals surface area contributed by atoms with Crippen molar-refractivity contribution in [3.05, 3.63) is 48.5 Å². The third-order valence-corrected chi connectivity index (χ3v) is 5.59. The number of nitrogens with zero attached hydrogens (tertiary/aromatic N) is 1. The molecule has 2 aromatic carbocycles. The van der Waals surface area contributed by atoms with E-state index in [0.29, 0.717) is 23.7 Å². The van der Waals surface area contributed by atoms with E-state index >= 15 is 0 Å². The van der Waals surface area contributed by atoms with Gasteiger partial charge in [-0.1, -0.05) is 18.2 Å². The van der Waals surface area contributed by atoms with Crippen molar-refractivity contribution in [3.8, 4) is 5.75 Å². The molecule has 1 heterocycles. The Morgan fingerprint density at radius 1 is 1.21 bits per heavy atom. The van der Waals surface area contributed by atoms with Gasteiger partial charge in [-0.15, -0.1) is 0 Å². The lowest BCUT2D eigenvalue weighted by Crippen LogP contribution is -2.28. The standard InChI is InChI=1S/C20H22N2O5S/c1-3-27-18-10-5-4-9-17(18)22-13-14(11-19(22)23)20(24)21-15-7-6-8-16(12-15)28(2,25)26/h4-10,12,14H,3,11,13H2,1-2H3,(H,21,24)/t14-/m1/s1. The zero-order chi connectivity index (χ0) is 20.3. The van der Waals surface area contributed by atoms with Gasteiger partial charge in [-0.3, -0.25) is 9.59 Å². The molecule has 0 aliphatic carbocycles. The molecule has 1 saturated heterocycles. The van der Waals surface area contributed by atoms with Crippen molar-refractivity contribution >= 4 is 33.0 Å². The Kier molecular flexibility index (Phi) is 5.69. The molecule has 1 fully saturated rings. The molecule has 3 rings (SSSR count). The minimum absolute atomic E-state index is 0.0814. The maximum Gasteiger partial charge on any atom is 0.229 e. The molecule has 0 unspecified atom stereocenters. The highest BCUT2D eigenvalue weighted by atomic mass is 32.2. The van der Waals surface area contributed by atoms with E-state index < -0.39 is 15.8 Å². The van der Waals surface area contributed by atoms with Gasteiger partial charge >= 0.3 is 0 Å². The van der Waals surface area contributed by atoms with Crippen molar-refractivity contribution in [1.82, 2.24) is 0 Å². The number of para-hydroxylation sites is 2. The van der Waals surface area contributed by atoms with E-state index in [9.17, 15) is 18.0 Å². The van der Waals surface area contributed by atoms with Crippen molar-refractivity contribution in [2.75, 3.05) is 29.6 Å². The summed E-state index contributed by atoms with van der Waals surface area (Å²) in [6.45, 7) is 2.57. The first-order valence-electron chi connectivity index (χ1n) is 8.92. The zero-order valence-electron chi connectivity index (χ0n) is 15.7. The molecule has 0 aromatic heterocycles. The first-order chi connectivity index (χ1) is 13.3. The average Bonchev–Trinajstić information content (AvgIpc) is 3.04. The fourth-order valence-electron chi connectivity index (χ4n) is 3.12. The van der Waals surface area contributed by atoms with Crippen LogP contribution in [0.5, 0.6) is 5.75 Å². The Morgan fingerprint density at radius 3 is 2.68 bits per heavy atom. The van der Waals surface area contributed by atoms with Crippen LogP contribution in [0.3, 0.4) is 0 Å². The summed E-state index contributed by atoms with van der Waals surface area (Å²) in [4.78, 5) is 26.8. The third-order valence-electron chi connectivity index (χ3n) is 4.48. The summed E-state index contributed by atoms with van der Waals surface area (Å²) < 4.78 is 28.9. The van der Waals surface area contributed by atoms with Gasteiger partial charge in [-0.25, -0.2) is 8.42 Å². The van der Waals surface area contributed by atoms with Crippen LogP contribution in [-0.2, 0) is 19.4 Å². The second kappa shape index (κ2) is 8.02. The molecule has 1 aliphatic heterocycles. The highest BCUT2D eigenvalue weighted by molar-refractivity contribution is 7.90. The lowest BCUT2D eigenvalue weighted by molar-refractivity contribution is -0.122. The highest BCUT2D eigenvalue weighted by Crippen LogP contribution is 2.33. The number of nitrogens with one attached hydrogen (secondary N) is 1. The van der Waals surface area contributed by atoms with E-state index in [-0.39, 0.29) is 29.7 Å². The van der Waals surface area contributed by atoms with Crippen LogP contribution >= 0.6 is 0 Å². The van der Waals surface area contributed by atoms with Crippen molar-refractivity contribution < 1.29 is 22.7 Å². The number of carbonyl (C=O) groups is 2. The summed E-state index contributed by atoms with van der Waals surface area (Å²) in [5.41, 5.74) is 1.03. The molecule has 0 bridgehead atoms. The van der Waals surface area contributed by atoms with Gasteiger partial charge in [-0.05, 0) is 37.3 Å². The van der Waals surface area contributed by atoms with Gasteiger partial charge in [0.15, 0.2) is 9.84 Å². The first kappa shape index (κ1) is 19.9. The van der Waals surface area contributed by atoms with Gasteiger partial charge in [0.2, 0.25) is 11.8 Å². The minimum Gasteiger partial charge on any atom is -0.492 e. The predicted octanol–water partition coefficient (Wildman–Crippen LogP) is 2.48.